The minimum Gasteiger partial charge on any atom is -0.304 e. The van der Waals surface area contributed by atoms with E-state index in [1.165, 1.54) is 5.56 Å². The number of nitrogens with zero attached hydrogens (tertiary/aromatic N) is 2. The Balaban J connectivity index is 2.52. The van der Waals surface area contributed by atoms with E-state index >= 15 is 0 Å². The first-order valence-corrected chi connectivity index (χ1v) is 5.44. The second kappa shape index (κ2) is 4.25. The molecule has 0 atom stereocenters. The fourth-order valence-electron chi connectivity index (χ4n) is 1.52. The molecule has 2 rings (SSSR count). The number of aromatic nitrogens is 2. The van der Waals surface area contributed by atoms with Gasteiger partial charge in [0, 0.05) is 16.9 Å². The molecule has 0 aliphatic heterocycles. The predicted octanol–water partition coefficient (Wildman–Crippen LogP) is 3.74. The highest BCUT2D eigenvalue weighted by Gasteiger charge is 2.04. The van der Waals surface area contributed by atoms with Crippen molar-refractivity contribution in [3.05, 3.63) is 46.5 Å². The molecule has 1 aromatic heterocycles. The van der Waals surface area contributed by atoms with Gasteiger partial charge < -0.3 is 4.57 Å². The first kappa shape index (κ1) is 10.5. The summed E-state index contributed by atoms with van der Waals surface area (Å²) in [5.74, 6) is 0. The molecule has 1 heterocycles. The van der Waals surface area contributed by atoms with Gasteiger partial charge in [-0.2, -0.15) is 0 Å². The minimum absolute atomic E-state index is 0.493. The van der Waals surface area contributed by atoms with E-state index in [9.17, 15) is 0 Å². The van der Waals surface area contributed by atoms with E-state index in [0.717, 1.165) is 17.1 Å². The largest absolute Gasteiger partial charge is 0.304 e. The van der Waals surface area contributed by atoms with Gasteiger partial charge in [0.25, 0.3) is 0 Å². The lowest BCUT2D eigenvalue weighted by Crippen LogP contribution is -1.95. The molecule has 0 radical (unpaired) electrons. The summed E-state index contributed by atoms with van der Waals surface area (Å²) < 4.78 is 1.90. The van der Waals surface area contributed by atoms with Crippen LogP contribution in [0.1, 0.15) is 12.5 Å². The van der Waals surface area contributed by atoms with Gasteiger partial charge in [0.15, 0.2) is 0 Å². The number of hydrogen-bond acceptors (Lipinski definition) is 1. The highest BCUT2D eigenvalue weighted by Crippen LogP contribution is 2.21. The van der Waals surface area contributed by atoms with Gasteiger partial charge in [0.2, 0.25) is 0 Å². The number of imidazole rings is 1. The third-order valence-corrected chi connectivity index (χ3v) is 2.68. The fourth-order valence-corrected chi connectivity index (χ4v) is 1.86. The molecule has 0 saturated heterocycles. The van der Waals surface area contributed by atoms with Crippen molar-refractivity contribution in [3.8, 4) is 5.69 Å². The maximum atomic E-state index is 5.94. The van der Waals surface area contributed by atoms with Crippen LogP contribution in [0.4, 0.5) is 0 Å². The highest BCUT2D eigenvalue weighted by molar-refractivity contribution is 6.30. The average molecular weight is 241 g/mol. The van der Waals surface area contributed by atoms with Crippen molar-refractivity contribution in [1.82, 2.24) is 9.55 Å². The second-order valence-corrected chi connectivity index (χ2v) is 4.05. The molecule has 2 nitrogen and oxygen atoms in total. The number of halogens is 2. The van der Waals surface area contributed by atoms with Gasteiger partial charge >= 0.3 is 0 Å². The summed E-state index contributed by atoms with van der Waals surface area (Å²) in [7, 11) is 0. The van der Waals surface area contributed by atoms with E-state index in [1.54, 1.807) is 12.5 Å². The molecule has 0 unspecified atom stereocenters. The number of aryl methyl sites for hydroxylation is 1. The van der Waals surface area contributed by atoms with Crippen LogP contribution in [-0.4, -0.2) is 9.55 Å². The summed E-state index contributed by atoms with van der Waals surface area (Å²) in [5, 5.41) is 1.24. The van der Waals surface area contributed by atoms with Crippen molar-refractivity contribution in [3.63, 3.8) is 0 Å². The van der Waals surface area contributed by atoms with Crippen molar-refractivity contribution < 1.29 is 0 Å². The quantitative estimate of drug-likeness (QED) is 0.783. The first-order chi connectivity index (χ1) is 7.20. The van der Waals surface area contributed by atoms with Crippen LogP contribution in [0.25, 0.3) is 5.69 Å². The molecule has 15 heavy (non-hydrogen) atoms. The van der Waals surface area contributed by atoms with Crippen LogP contribution in [0.2, 0.25) is 10.2 Å². The first-order valence-electron chi connectivity index (χ1n) is 4.69. The van der Waals surface area contributed by atoms with Crippen molar-refractivity contribution in [2.45, 2.75) is 13.3 Å². The topological polar surface area (TPSA) is 17.8 Å². The van der Waals surface area contributed by atoms with Crippen molar-refractivity contribution in [2.75, 3.05) is 0 Å². The van der Waals surface area contributed by atoms with Crippen molar-refractivity contribution >= 4 is 23.2 Å². The third kappa shape index (κ3) is 2.16. The zero-order valence-electron chi connectivity index (χ0n) is 8.24. The SMILES string of the molecule is CCc1cc(Cl)ccc1-n1cnc(Cl)c1. The zero-order valence-corrected chi connectivity index (χ0v) is 9.76. The lowest BCUT2D eigenvalue weighted by molar-refractivity contribution is 1.00. The van der Waals surface area contributed by atoms with Gasteiger partial charge in [-0.3, -0.25) is 0 Å². The van der Waals surface area contributed by atoms with E-state index in [-0.39, 0.29) is 0 Å². The molecule has 4 heteroatoms. The molecule has 0 saturated carbocycles. The van der Waals surface area contributed by atoms with Crippen LogP contribution in [0, 0.1) is 0 Å². The second-order valence-electron chi connectivity index (χ2n) is 3.23. The molecular weight excluding hydrogens is 231 g/mol. The molecule has 0 N–H and O–H groups in total. The van der Waals surface area contributed by atoms with E-state index in [2.05, 4.69) is 11.9 Å². The summed E-state index contributed by atoms with van der Waals surface area (Å²) in [5.41, 5.74) is 2.25. The van der Waals surface area contributed by atoms with Crippen LogP contribution < -0.4 is 0 Å². The van der Waals surface area contributed by atoms with Crippen LogP contribution in [0.15, 0.2) is 30.7 Å². The molecule has 78 valence electrons. The Kier molecular flexibility index (Phi) is 2.98. The van der Waals surface area contributed by atoms with E-state index < -0.39 is 0 Å². The van der Waals surface area contributed by atoms with Crippen LogP contribution in [0.5, 0.6) is 0 Å². The summed E-state index contributed by atoms with van der Waals surface area (Å²) in [4.78, 5) is 3.99. The number of rotatable bonds is 2. The maximum Gasteiger partial charge on any atom is 0.147 e. The molecule has 0 fully saturated rings. The molecule has 0 amide bonds. The highest BCUT2D eigenvalue weighted by atomic mass is 35.5. The fraction of sp³-hybridized carbons (Fsp3) is 0.182. The third-order valence-electron chi connectivity index (χ3n) is 2.25. The predicted molar refractivity (Wildman–Crippen MR) is 63.0 cm³/mol. The Labute approximate surface area is 98.5 Å². The Morgan fingerprint density at radius 2 is 2.13 bits per heavy atom. The van der Waals surface area contributed by atoms with Gasteiger partial charge in [-0.15, -0.1) is 0 Å². The van der Waals surface area contributed by atoms with E-state index in [1.807, 2.05) is 22.8 Å². The molecule has 0 spiro atoms. The Hall–Kier alpha value is -0.990. The average Bonchev–Trinajstić information content (AvgIpc) is 2.64. The van der Waals surface area contributed by atoms with Gasteiger partial charge in [0.1, 0.15) is 11.5 Å². The van der Waals surface area contributed by atoms with Gasteiger partial charge in [-0.05, 0) is 30.2 Å². The van der Waals surface area contributed by atoms with Crippen LogP contribution in [-0.2, 0) is 6.42 Å². The molecule has 0 aliphatic carbocycles. The maximum absolute atomic E-state index is 5.94. The zero-order chi connectivity index (χ0) is 10.8. The van der Waals surface area contributed by atoms with Crippen molar-refractivity contribution in [2.24, 2.45) is 0 Å². The lowest BCUT2D eigenvalue weighted by Gasteiger charge is -2.08. The molecule has 0 bridgehead atoms. The smallest absolute Gasteiger partial charge is 0.147 e. The normalized spacial score (nSPS) is 10.6. The number of hydrogen-bond donors (Lipinski definition) is 0. The summed E-state index contributed by atoms with van der Waals surface area (Å²) in [6, 6.07) is 5.80. The molecule has 0 aliphatic rings. The van der Waals surface area contributed by atoms with Crippen LogP contribution in [0.3, 0.4) is 0 Å². The summed E-state index contributed by atoms with van der Waals surface area (Å²) >= 11 is 11.7. The number of benzene rings is 1. The van der Waals surface area contributed by atoms with Crippen molar-refractivity contribution in [1.29, 1.82) is 0 Å². The minimum atomic E-state index is 0.493. The Bertz CT molecular complexity index is 477. The molecule has 1 aromatic carbocycles. The summed E-state index contributed by atoms with van der Waals surface area (Å²) in [6.07, 6.45) is 4.40. The Morgan fingerprint density at radius 3 is 2.73 bits per heavy atom. The van der Waals surface area contributed by atoms with Gasteiger partial charge in [-0.1, -0.05) is 30.1 Å². The standard InChI is InChI=1S/C11H10Cl2N2/c1-2-8-5-9(12)3-4-10(8)15-6-11(13)14-7-15/h3-7H,2H2,1H3. The molecular formula is C11H10Cl2N2. The lowest BCUT2D eigenvalue weighted by atomic mass is 10.1. The van der Waals surface area contributed by atoms with E-state index in [0.29, 0.717) is 5.15 Å². The van der Waals surface area contributed by atoms with Crippen LogP contribution >= 0.6 is 23.2 Å². The summed E-state index contributed by atoms with van der Waals surface area (Å²) in [6.45, 7) is 2.09. The van der Waals surface area contributed by atoms with E-state index in [4.69, 9.17) is 23.2 Å². The Morgan fingerprint density at radius 1 is 1.33 bits per heavy atom. The van der Waals surface area contributed by atoms with Gasteiger partial charge in [0.05, 0.1) is 0 Å². The molecule has 2 aromatic rings. The van der Waals surface area contributed by atoms with Gasteiger partial charge in [-0.25, -0.2) is 4.98 Å². The monoisotopic (exact) mass is 240 g/mol.